The Bertz CT molecular complexity index is 845. The van der Waals surface area contributed by atoms with Crippen molar-refractivity contribution in [2.24, 2.45) is 5.92 Å². The number of unbranched alkanes of at least 4 members (excludes halogenated alkanes) is 12. The van der Waals surface area contributed by atoms with Gasteiger partial charge in [-0.3, -0.25) is 4.79 Å². The molecule has 2 aromatic rings. The standard InChI is InChI=1S/C33H49ClO3/c1-4-5-6-7-8-9-10-11-12-13-14-15-16-25-36-30-21-17-28(18-22-30)29-19-23-31(24-20-29)37-33(35)32(34)26-27(2)3/h17-24,27,32H,4-16,25-26H2,1-3H3. The Hall–Kier alpha value is -2.00. The van der Waals surface area contributed by atoms with Crippen LogP contribution in [0.15, 0.2) is 48.5 Å². The summed E-state index contributed by atoms with van der Waals surface area (Å²) in [4.78, 5) is 12.1. The number of carbonyl (C=O) groups excluding carboxylic acids is 1. The van der Waals surface area contributed by atoms with E-state index in [4.69, 9.17) is 21.1 Å². The van der Waals surface area contributed by atoms with Crippen molar-refractivity contribution < 1.29 is 14.3 Å². The predicted molar refractivity (Wildman–Crippen MR) is 158 cm³/mol. The van der Waals surface area contributed by atoms with Crippen molar-refractivity contribution in [3.05, 3.63) is 48.5 Å². The number of benzene rings is 2. The Labute approximate surface area is 231 Å². The fourth-order valence-electron chi connectivity index (χ4n) is 4.46. The first-order valence-electron chi connectivity index (χ1n) is 14.7. The molecule has 0 radical (unpaired) electrons. The Kier molecular flexibility index (Phi) is 16.1. The molecule has 0 spiro atoms. The van der Waals surface area contributed by atoms with Crippen LogP contribution in [0.1, 0.15) is 111 Å². The van der Waals surface area contributed by atoms with Gasteiger partial charge in [-0.2, -0.15) is 0 Å². The van der Waals surface area contributed by atoms with Gasteiger partial charge in [-0.15, -0.1) is 11.6 Å². The SMILES string of the molecule is CCCCCCCCCCCCCCCOc1ccc(-c2ccc(OC(=O)C(Cl)CC(C)C)cc2)cc1. The van der Waals surface area contributed by atoms with Gasteiger partial charge >= 0.3 is 5.97 Å². The zero-order chi connectivity index (χ0) is 26.7. The fraction of sp³-hybridized carbons (Fsp3) is 0.606. The Morgan fingerprint density at radius 1 is 0.676 bits per heavy atom. The topological polar surface area (TPSA) is 35.5 Å². The van der Waals surface area contributed by atoms with Gasteiger partial charge in [0.1, 0.15) is 16.9 Å². The van der Waals surface area contributed by atoms with E-state index < -0.39 is 11.3 Å². The highest BCUT2D eigenvalue weighted by molar-refractivity contribution is 6.30. The van der Waals surface area contributed by atoms with Crippen molar-refractivity contribution in [1.29, 1.82) is 0 Å². The van der Waals surface area contributed by atoms with E-state index in [0.717, 1.165) is 29.9 Å². The Balaban J connectivity index is 1.57. The van der Waals surface area contributed by atoms with Crippen molar-refractivity contribution >= 4 is 17.6 Å². The van der Waals surface area contributed by atoms with E-state index in [0.29, 0.717) is 18.1 Å². The maximum Gasteiger partial charge on any atom is 0.329 e. The summed E-state index contributed by atoms with van der Waals surface area (Å²) >= 11 is 6.14. The molecule has 2 aromatic carbocycles. The highest BCUT2D eigenvalue weighted by atomic mass is 35.5. The number of ether oxygens (including phenoxy) is 2. The third kappa shape index (κ3) is 13.9. The zero-order valence-corrected chi connectivity index (χ0v) is 24.2. The molecule has 0 saturated heterocycles. The van der Waals surface area contributed by atoms with Crippen molar-refractivity contribution in [3.63, 3.8) is 0 Å². The van der Waals surface area contributed by atoms with Crippen LogP contribution in [-0.2, 0) is 4.79 Å². The molecule has 0 fully saturated rings. The lowest BCUT2D eigenvalue weighted by atomic mass is 10.0. The lowest BCUT2D eigenvalue weighted by Gasteiger charge is -2.12. The van der Waals surface area contributed by atoms with Gasteiger partial charge in [0.25, 0.3) is 0 Å². The van der Waals surface area contributed by atoms with Crippen molar-refractivity contribution in [3.8, 4) is 22.6 Å². The second-order valence-corrected chi connectivity index (χ2v) is 11.2. The van der Waals surface area contributed by atoms with Crippen molar-refractivity contribution in [2.45, 2.75) is 116 Å². The molecule has 1 unspecified atom stereocenters. The molecular weight excluding hydrogens is 480 g/mol. The van der Waals surface area contributed by atoms with E-state index in [1.54, 1.807) is 0 Å². The van der Waals surface area contributed by atoms with Crippen LogP contribution in [0.5, 0.6) is 11.5 Å². The first kappa shape index (κ1) is 31.2. The van der Waals surface area contributed by atoms with Crippen molar-refractivity contribution in [2.75, 3.05) is 6.61 Å². The largest absolute Gasteiger partial charge is 0.494 e. The highest BCUT2D eigenvalue weighted by Gasteiger charge is 2.19. The number of rotatable bonds is 20. The van der Waals surface area contributed by atoms with Gasteiger partial charge in [0.2, 0.25) is 0 Å². The minimum Gasteiger partial charge on any atom is -0.494 e. The van der Waals surface area contributed by atoms with Crippen LogP contribution in [0.25, 0.3) is 11.1 Å². The number of halogens is 1. The number of hydrogen-bond donors (Lipinski definition) is 0. The first-order chi connectivity index (χ1) is 18.0. The van der Waals surface area contributed by atoms with Crippen LogP contribution in [0.4, 0.5) is 0 Å². The summed E-state index contributed by atoms with van der Waals surface area (Å²) in [7, 11) is 0. The van der Waals surface area contributed by atoms with Crippen LogP contribution in [0, 0.1) is 5.92 Å². The third-order valence-electron chi connectivity index (χ3n) is 6.71. The van der Waals surface area contributed by atoms with Gasteiger partial charge in [0, 0.05) is 0 Å². The summed E-state index contributed by atoms with van der Waals surface area (Å²) in [6, 6.07) is 15.7. The molecule has 0 aliphatic rings. The molecule has 2 rings (SSSR count). The summed E-state index contributed by atoms with van der Waals surface area (Å²) in [6.45, 7) is 7.12. The van der Waals surface area contributed by atoms with E-state index in [-0.39, 0.29) is 0 Å². The maximum atomic E-state index is 12.1. The third-order valence-corrected chi connectivity index (χ3v) is 7.07. The molecule has 0 N–H and O–H groups in total. The summed E-state index contributed by atoms with van der Waals surface area (Å²) in [6.07, 6.45) is 18.3. The zero-order valence-electron chi connectivity index (χ0n) is 23.5. The molecule has 0 aliphatic carbocycles. The second kappa shape index (κ2) is 19.1. The lowest BCUT2D eigenvalue weighted by Crippen LogP contribution is -2.22. The molecular formula is C33H49ClO3. The number of carbonyl (C=O) groups is 1. The number of hydrogen-bond acceptors (Lipinski definition) is 3. The monoisotopic (exact) mass is 528 g/mol. The average molecular weight is 529 g/mol. The molecule has 0 heterocycles. The van der Waals surface area contributed by atoms with Crippen LogP contribution >= 0.6 is 11.6 Å². The maximum absolute atomic E-state index is 12.1. The van der Waals surface area contributed by atoms with Gasteiger partial charge in [-0.05, 0) is 54.2 Å². The lowest BCUT2D eigenvalue weighted by molar-refractivity contribution is -0.134. The number of alkyl halides is 1. The number of esters is 1. The fourth-order valence-corrected chi connectivity index (χ4v) is 4.86. The minimum atomic E-state index is -0.619. The van der Waals surface area contributed by atoms with Crippen molar-refractivity contribution in [1.82, 2.24) is 0 Å². The molecule has 0 aromatic heterocycles. The van der Waals surface area contributed by atoms with Gasteiger partial charge in [0.15, 0.2) is 0 Å². The molecule has 37 heavy (non-hydrogen) atoms. The smallest absolute Gasteiger partial charge is 0.329 e. The molecule has 3 nitrogen and oxygen atoms in total. The average Bonchev–Trinajstić information content (AvgIpc) is 2.89. The Morgan fingerprint density at radius 3 is 1.57 bits per heavy atom. The molecule has 4 heteroatoms. The summed E-state index contributed by atoms with van der Waals surface area (Å²) in [5.74, 6) is 1.37. The quantitative estimate of drug-likeness (QED) is 0.0741. The molecule has 1 atom stereocenters. The van der Waals surface area contributed by atoms with Gasteiger partial charge in [-0.25, -0.2) is 0 Å². The van der Waals surface area contributed by atoms with E-state index >= 15 is 0 Å². The van der Waals surface area contributed by atoms with E-state index in [2.05, 4.69) is 19.1 Å². The molecule has 0 bridgehead atoms. The molecule has 0 amide bonds. The summed E-state index contributed by atoms with van der Waals surface area (Å²) < 4.78 is 11.4. The Morgan fingerprint density at radius 2 is 1.11 bits per heavy atom. The molecule has 0 saturated carbocycles. The highest BCUT2D eigenvalue weighted by Crippen LogP contribution is 2.25. The van der Waals surface area contributed by atoms with E-state index in [1.165, 1.54) is 77.0 Å². The normalized spacial score (nSPS) is 12.0. The van der Waals surface area contributed by atoms with E-state index in [9.17, 15) is 4.79 Å². The van der Waals surface area contributed by atoms with E-state index in [1.807, 2.05) is 50.2 Å². The van der Waals surface area contributed by atoms with Crippen LogP contribution in [0.2, 0.25) is 0 Å². The first-order valence-corrected chi connectivity index (χ1v) is 15.1. The van der Waals surface area contributed by atoms with Crippen LogP contribution in [0.3, 0.4) is 0 Å². The molecule has 206 valence electrons. The molecule has 0 aliphatic heterocycles. The summed E-state index contributed by atoms with van der Waals surface area (Å²) in [5, 5.41) is -0.619. The summed E-state index contributed by atoms with van der Waals surface area (Å²) in [5.41, 5.74) is 2.16. The van der Waals surface area contributed by atoms with Gasteiger partial charge < -0.3 is 9.47 Å². The van der Waals surface area contributed by atoms with Gasteiger partial charge in [0.05, 0.1) is 6.61 Å². The van der Waals surface area contributed by atoms with Crippen LogP contribution in [-0.4, -0.2) is 18.0 Å². The second-order valence-electron chi connectivity index (χ2n) is 10.7. The predicted octanol–water partition coefficient (Wildman–Crippen LogP) is 10.4. The van der Waals surface area contributed by atoms with Crippen LogP contribution < -0.4 is 9.47 Å². The van der Waals surface area contributed by atoms with Gasteiger partial charge in [-0.1, -0.05) is 122 Å². The minimum absolute atomic E-state index is 0.346.